The third kappa shape index (κ3) is 4.38. The molecule has 1 atom stereocenters. The van der Waals surface area contributed by atoms with E-state index in [-0.39, 0.29) is 9.79 Å². The van der Waals surface area contributed by atoms with Gasteiger partial charge in [0.1, 0.15) is 6.04 Å². The van der Waals surface area contributed by atoms with Crippen molar-refractivity contribution in [3.8, 4) is 0 Å². The quantitative estimate of drug-likeness (QED) is 0.745. The summed E-state index contributed by atoms with van der Waals surface area (Å²) in [6.07, 6.45) is 2.51. The normalized spacial score (nSPS) is 18.0. The van der Waals surface area contributed by atoms with Gasteiger partial charge in [-0.05, 0) is 44.4 Å². The fourth-order valence-corrected chi connectivity index (χ4v) is 5.72. The smallest absolute Gasteiger partial charge is 0.321 e. The van der Waals surface area contributed by atoms with Crippen LogP contribution >= 0.6 is 0 Å². The third-order valence-electron chi connectivity index (χ3n) is 4.10. The zero-order valence-corrected chi connectivity index (χ0v) is 15.7. The fourth-order valence-electron chi connectivity index (χ4n) is 2.63. The molecule has 1 aliphatic heterocycles. The fraction of sp³-hybridized carbons (Fsp3) is 0.533. The number of hydrogen-bond acceptors (Lipinski definition) is 5. The Morgan fingerprint density at radius 3 is 2.32 bits per heavy atom. The largest absolute Gasteiger partial charge is 0.480 e. The van der Waals surface area contributed by atoms with E-state index >= 15 is 0 Å². The van der Waals surface area contributed by atoms with Crippen LogP contribution in [-0.4, -0.2) is 51.3 Å². The first kappa shape index (κ1) is 19.8. The van der Waals surface area contributed by atoms with Gasteiger partial charge in [0.2, 0.25) is 20.0 Å². The average Bonchev–Trinajstić information content (AvgIpc) is 2.55. The number of nitrogens with one attached hydrogen (secondary N) is 1. The Morgan fingerprint density at radius 2 is 1.76 bits per heavy atom. The van der Waals surface area contributed by atoms with Crippen LogP contribution in [0.2, 0.25) is 0 Å². The lowest BCUT2D eigenvalue weighted by Crippen LogP contribution is -2.39. The van der Waals surface area contributed by atoms with Gasteiger partial charge in [0.15, 0.2) is 0 Å². The van der Waals surface area contributed by atoms with Crippen molar-refractivity contribution in [2.24, 2.45) is 0 Å². The number of sulfonamides is 2. The molecule has 1 heterocycles. The van der Waals surface area contributed by atoms with E-state index in [2.05, 4.69) is 0 Å². The van der Waals surface area contributed by atoms with Crippen LogP contribution in [0.5, 0.6) is 0 Å². The highest BCUT2D eigenvalue weighted by Crippen LogP contribution is 2.25. The van der Waals surface area contributed by atoms with Crippen LogP contribution in [0.3, 0.4) is 0 Å². The second kappa shape index (κ2) is 7.40. The number of carboxylic acids is 1. The Bertz CT molecular complexity index is 858. The van der Waals surface area contributed by atoms with Gasteiger partial charge >= 0.3 is 5.97 Å². The van der Waals surface area contributed by atoms with Gasteiger partial charge in [0.25, 0.3) is 0 Å². The second-order valence-electron chi connectivity index (χ2n) is 6.07. The molecule has 140 valence electrons. The maximum Gasteiger partial charge on any atom is 0.321 e. The molecule has 1 aromatic carbocycles. The predicted molar refractivity (Wildman–Crippen MR) is 91.2 cm³/mol. The van der Waals surface area contributed by atoms with Gasteiger partial charge in [0.05, 0.1) is 9.79 Å². The van der Waals surface area contributed by atoms with E-state index in [1.54, 1.807) is 0 Å². The van der Waals surface area contributed by atoms with Crippen molar-refractivity contribution in [3.05, 3.63) is 23.8 Å². The number of carbonyl (C=O) groups is 1. The van der Waals surface area contributed by atoms with Crippen molar-refractivity contribution in [3.63, 3.8) is 0 Å². The van der Waals surface area contributed by atoms with Crippen LogP contribution in [0.1, 0.15) is 31.7 Å². The Balaban J connectivity index is 2.42. The zero-order chi connectivity index (χ0) is 18.8. The topological polar surface area (TPSA) is 121 Å². The van der Waals surface area contributed by atoms with Crippen LogP contribution in [0, 0.1) is 6.92 Å². The van der Waals surface area contributed by atoms with Gasteiger partial charge < -0.3 is 5.11 Å². The number of benzene rings is 1. The van der Waals surface area contributed by atoms with Gasteiger partial charge in [-0.3, -0.25) is 4.79 Å². The van der Waals surface area contributed by atoms with Crippen molar-refractivity contribution in [1.29, 1.82) is 0 Å². The maximum atomic E-state index is 12.7. The summed E-state index contributed by atoms with van der Waals surface area (Å²) in [5.41, 5.74) is 0.336. The molecular weight excluding hydrogens is 368 g/mol. The Kier molecular flexibility index (Phi) is 5.87. The lowest BCUT2D eigenvalue weighted by Gasteiger charge is -2.26. The van der Waals surface area contributed by atoms with Crippen molar-refractivity contribution in [2.75, 3.05) is 13.1 Å². The first-order valence-electron chi connectivity index (χ1n) is 7.91. The van der Waals surface area contributed by atoms with Crippen LogP contribution in [-0.2, 0) is 24.8 Å². The molecule has 1 saturated heterocycles. The molecule has 1 aliphatic rings. The summed E-state index contributed by atoms with van der Waals surface area (Å²) in [5.74, 6) is -1.32. The molecule has 2 rings (SSSR count). The summed E-state index contributed by atoms with van der Waals surface area (Å²) < 4.78 is 53.7. The van der Waals surface area contributed by atoms with Crippen LogP contribution in [0.15, 0.2) is 28.0 Å². The second-order valence-corrected chi connectivity index (χ2v) is 9.69. The molecule has 1 aromatic rings. The highest BCUT2D eigenvalue weighted by molar-refractivity contribution is 7.90. The Hall–Kier alpha value is -1.49. The molecule has 0 aromatic heterocycles. The minimum Gasteiger partial charge on any atom is -0.480 e. The predicted octanol–water partition coefficient (Wildman–Crippen LogP) is 0.921. The molecule has 0 bridgehead atoms. The maximum absolute atomic E-state index is 12.7. The molecule has 25 heavy (non-hydrogen) atoms. The molecule has 0 saturated carbocycles. The molecule has 1 fully saturated rings. The van der Waals surface area contributed by atoms with E-state index in [4.69, 9.17) is 5.11 Å². The molecule has 0 radical (unpaired) electrons. The SMILES string of the molecule is Cc1ccc(S(=O)(=O)N2CCCCC2)cc1S(=O)(=O)NC(C)C(=O)O. The number of aryl methyl sites for hydroxylation is 1. The number of nitrogens with zero attached hydrogens (tertiary/aromatic N) is 1. The highest BCUT2D eigenvalue weighted by atomic mass is 32.2. The van der Waals surface area contributed by atoms with E-state index in [1.165, 1.54) is 30.3 Å². The molecule has 8 nitrogen and oxygen atoms in total. The van der Waals surface area contributed by atoms with Crippen LogP contribution in [0.4, 0.5) is 0 Å². The minimum atomic E-state index is -4.16. The molecule has 10 heteroatoms. The van der Waals surface area contributed by atoms with Crippen molar-refractivity contribution in [2.45, 2.75) is 48.9 Å². The Labute approximate surface area is 147 Å². The van der Waals surface area contributed by atoms with Gasteiger partial charge in [-0.15, -0.1) is 0 Å². The summed E-state index contributed by atoms with van der Waals surface area (Å²) in [5, 5.41) is 8.89. The standard InChI is InChI=1S/C15H22N2O6S2/c1-11-6-7-13(25(22,23)17-8-4-3-5-9-17)10-14(11)24(20,21)16-12(2)15(18)19/h6-7,10,12,16H,3-5,8-9H2,1-2H3,(H,18,19). The van der Waals surface area contributed by atoms with Gasteiger partial charge in [-0.2, -0.15) is 9.03 Å². The van der Waals surface area contributed by atoms with Gasteiger partial charge in [-0.1, -0.05) is 12.5 Å². The lowest BCUT2D eigenvalue weighted by atomic mass is 10.2. The van der Waals surface area contributed by atoms with Crippen molar-refractivity contribution in [1.82, 2.24) is 9.03 Å². The third-order valence-corrected chi connectivity index (χ3v) is 7.68. The average molecular weight is 390 g/mol. The van der Waals surface area contributed by atoms with E-state index < -0.39 is 32.1 Å². The first-order valence-corrected chi connectivity index (χ1v) is 10.8. The number of rotatable bonds is 6. The van der Waals surface area contributed by atoms with E-state index in [0.29, 0.717) is 18.7 Å². The number of piperidine rings is 1. The number of hydrogen-bond donors (Lipinski definition) is 2. The summed E-state index contributed by atoms with van der Waals surface area (Å²) in [4.78, 5) is 10.6. The minimum absolute atomic E-state index is 0.108. The molecule has 0 spiro atoms. The summed E-state index contributed by atoms with van der Waals surface area (Å²) in [7, 11) is -7.94. The molecule has 0 aliphatic carbocycles. The monoisotopic (exact) mass is 390 g/mol. The lowest BCUT2D eigenvalue weighted by molar-refractivity contribution is -0.138. The van der Waals surface area contributed by atoms with Crippen LogP contribution < -0.4 is 4.72 Å². The molecular formula is C15H22N2O6S2. The molecule has 2 N–H and O–H groups in total. The van der Waals surface area contributed by atoms with Crippen LogP contribution in [0.25, 0.3) is 0 Å². The zero-order valence-electron chi connectivity index (χ0n) is 14.1. The number of carboxylic acid groups (broad SMARTS) is 1. The van der Waals surface area contributed by atoms with Crippen molar-refractivity contribution < 1.29 is 26.7 Å². The molecule has 1 unspecified atom stereocenters. The van der Waals surface area contributed by atoms with E-state index in [1.807, 2.05) is 4.72 Å². The van der Waals surface area contributed by atoms with Gasteiger partial charge in [-0.25, -0.2) is 16.8 Å². The first-order chi connectivity index (χ1) is 11.6. The van der Waals surface area contributed by atoms with Gasteiger partial charge in [0, 0.05) is 13.1 Å². The highest BCUT2D eigenvalue weighted by Gasteiger charge is 2.29. The summed E-state index contributed by atoms with van der Waals surface area (Å²) in [6.45, 7) is 3.54. The summed E-state index contributed by atoms with van der Waals surface area (Å²) in [6, 6.07) is 2.55. The van der Waals surface area contributed by atoms with E-state index in [9.17, 15) is 21.6 Å². The summed E-state index contributed by atoms with van der Waals surface area (Å²) >= 11 is 0. The number of aliphatic carboxylic acids is 1. The molecule has 0 amide bonds. The Morgan fingerprint density at radius 1 is 1.16 bits per heavy atom. The van der Waals surface area contributed by atoms with Crippen molar-refractivity contribution >= 4 is 26.0 Å². The van der Waals surface area contributed by atoms with E-state index in [0.717, 1.165) is 25.3 Å².